The highest BCUT2D eigenvalue weighted by molar-refractivity contribution is 5.98. The Morgan fingerprint density at radius 1 is 0.964 bits per heavy atom. The van der Waals surface area contributed by atoms with Crippen LogP contribution in [0.25, 0.3) is 22.4 Å². The van der Waals surface area contributed by atoms with Gasteiger partial charge in [-0.25, -0.2) is 4.98 Å². The fraction of sp³-hybridized carbons (Fsp3) is 0.0909. The van der Waals surface area contributed by atoms with Crippen molar-refractivity contribution in [2.75, 3.05) is 11.9 Å². The number of H-pyrrole nitrogens is 1. The highest BCUT2D eigenvalue weighted by atomic mass is 16.6. The third kappa shape index (κ3) is 2.95. The summed E-state index contributed by atoms with van der Waals surface area (Å²) in [5.74, 6) is 1.65. The maximum absolute atomic E-state index is 12.8. The van der Waals surface area contributed by atoms with Gasteiger partial charge in [-0.2, -0.15) is 0 Å². The molecule has 6 nitrogen and oxygen atoms in total. The second-order valence-electron chi connectivity index (χ2n) is 6.50. The third-order valence-electron chi connectivity index (χ3n) is 4.63. The van der Waals surface area contributed by atoms with Crippen molar-refractivity contribution < 1.29 is 14.3 Å². The molecule has 0 saturated heterocycles. The van der Waals surface area contributed by atoms with Crippen LogP contribution < -0.4 is 14.8 Å². The molecule has 6 heteroatoms. The molecule has 1 aromatic heterocycles. The minimum absolute atomic E-state index is 0.162. The number of carbonyl (C=O) groups is 1. The highest BCUT2D eigenvalue weighted by Gasteiger charge is 2.28. The monoisotopic (exact) mass is 371 g/mol. The number of anilines is 1. The van der Waals surface area contributed by atoms with Gasteiger partial charge in [0, 0.05) is 5.56 Å². The zero-order valence-corrected chi connectivity index (χ0v) is 14.9. The third-order valence-corrected chi connectivity index (χ3v) is 4.63. The quantitative estimate of drug-likeness (QED) is 0.571. The van der Waals surface area contributed by atoms with Crippen molar-refractivity contribution in [3.63, 3.8) is 0 Å². The van der Waals surface area contributed by atoms with Gasteiger partial charge in [0.1, 0.15) is 12.4 Å². The van der Waals surface area contributed by atoms with Crippen molar-refractivity contribution >= 4 is 22.6 Å². The molecule has 0 bridgehead atoms. The first-order chi connectivity index (χ1) is 13.8. The topological polar surface area (TPSA) is 76.2 Å². The number of para-hydroxylation sites is 5. The molecule has 0 fully saturated rings. The first kappa shape index (κ1) is 16.4. The van der Waals surface area contributed by atoms with Crippen LogP contribution in [-0.2, 0) is 4.79 Å². The van der Waals surface area contributed by atoms with Crippen LogP contribution in [0.15, 0.2) is 72.8 Å². The van der Waals surface area contributed by atoms with Crippen molar-refractivity contribution in [3.8, 4) is 22.9 Å². The largest absolute Gasteiger partial charge is 0.485 e. The molecule has 1 atom stereocenters. The summed E-state index contributed by atoms with van der Waals surface area (Å²) in [4.78, 5) is 20.7. The lowest BCUT2D eigenvalue weighted by Gasteiger charge is -2.25. The number of nitrogens with one attached hydrogen (secondary N) is 2. The zero-order chi connectivity index (χ0) is 18.9. The van der Waals surface area contributed by atoms with E-state index >= 15 is 0 Å². The number of benzene rings is 3. The van der Waals surface area contributed by atoms with E-state index in [-0.39, 0.29) is 12.5 Å². The molecule has 3 aromatic carbocycles. The number of rotatable bonds is 3. The Bertz CT molecular complexity index is 1140. The fourth-order valence-electron chi connectivity index (χ4n) is 3.24. The molecule has 1 amide bonds. The molecule has 2 N–H and O–H groups in total. The SMILES string of the molecule is O=C(Nc1ccccc1-c1nc2ccccc2[nH]1)[C@@H]1COc2ccccc2O1. The van der Waals surface area contributed by atoms with Crippen molar-refractivity contribution in [2.24, 2.45) is 0 Å². The number of hydrogen-bond acceptors (Lipinski definition) is 4. The summed E-state index contributed by atoms with van der Waals surface area (Å²) in [6.07, 6.45) is -0.723. The van der Waals surface area contributed by atoms with Gasteiger partial charge < -0.3 is 19.8 Å². The van der Waals surface area contributed by atoms with Gasteiger partial charge in [-0.15, -0.1) is 0 Å². The molecule has 0 saturated carbocycles. The summed E-state index contributed by atoms with van der Waals surface area (Å²) in [7, 11) is 0. The van der Waals surface area contributed by atoms with E-state index in [9.17, 15) is 4.79 Å². The molecule has 1 aliphatic rings. The minimum atomic E-state index is -0.723. The van der Waals surface area contributed by atoms with E-state index < -0.39 is 6.10 Å². The van der Waals surface area contributed by atoms with E-state index in [2.05, 4.69) is 15.3 Å². The van der Waals surface area contributed by atoms with Gasteiger partial charge in [-0.3, -0.25) is 4.79 Å². The summed E-state index contributed by atoms with van der Waals surface area (Å²) in [5, 5.41) is 2.95. The summed E-state index contributed by atoms with van der Waals surface area (Å²) in [6, 6.07) is 22.7. The number of hydrogen-bond donors (Lipinski definition) is 2. The zero-order valence-electron chi connectivity index (χ0n) is 14.9. The molecule has 0 aliphatic carbocycles. The van der Waals surface area contributed by atoms with Gasteiger partial charge in [0.2, 0.25) is 6.10 Å². The lowest BCUT2D eigenvalue weighted by Crippen LogP contribution is -2.40. The predicted octanol–water partition coefficient (Wildman–Crippen LogP) is 4.01. The molecule has 138 valence electrons. The standard InChI is InChI=1S/C22H17N3O3/c26-22(20-13-27-18-11-5-6-12-19(18)28-20)25-15-8-2-1-7-14(15)21-23-16-9-3-4-10-17(16)24-21/h1-12,20H,13H2,(H,23,24)(H,25,26)/t20-/m0/s1. The lowest BCUT2D eigenvalue weighted by atomic mass is 10.1. The predicted molar refractivity (Wildman–Crippen MR) is 107 cm³/mol. The van der Waals surface area contributed by atoms with Crippen LogP contribution in [0, 0.1) is 0 Å². The summed E-state index contributed by atoms with van der Waals surface area (Å²) >= 11 is 0. The van der Waals surface area contributed by atoms with E-state index in [4.69, 9.17) is 9.47 Å². The average Bonchev–Trinajstić information content (AvgIpc) is 3.18. The molecule has 5 rings (SSSR count). The Balaban J connectivity index is 1.41. The van der Waals surface area contributed by atoms with Gasteiger partial charge >= 0.3 is 0 Å². The molecule has 28 heavy (non-hydrogen) atoms. The smallest absolute Gasteiger partial charge is 0.269 e. The molecule has 1 aliphatic heterocycles. The number of fused-ring (bicyclic) bond motifs is 2. The van der Waals surface area contributed by atoms with E-state index in [1.54, 1.807) is 6.07 Å². The highest BCUT2D eigenvalue weighted by Crippen LogP contribution is 2.32. The second kappa shape index (κ2) is 6.74. The normalized spacial score (nSPS) is 15.4. The first-order valence-electron chi connectivity index (χ1n) is 9.01. The van der Waals surface area contributed by atoms with E-state index in [0.717, 1.165) is 16.6 Å². The number of imidazole rings is 1. The maximum atomic E-state index is 12.8. The van der Waals surface area contributed by atoms with Gasteiger partial charge in [-0.05, 0) is 36.4 Å². The van der Waals surface area contributed by atoms with Crippen LogP contribution in [0.3, 0.4) is 0 Å². The number of ether oxygens (including phenoxy) is 2. The molecular formula is C22H17N3O3. The van der Waals surface area contributed by atoms with Crippen LogP contribution >= 0.6 is 0 Å². The summed E-state index contributed by atoms with van der Waals surface area (Å²) in [6.45, 7) is 0.162. The molecule has 4 aromatic rings. The summed E-state index contributed by atoms with van der Waals surface area (Å²) in [5.41, 5.74) is 3.29. The molecule has 0 spiro atoms. The summed E-state index contributed by atoms with van der Waals surface area (Å²) < 4.78 is 11.4. The van der Waals surface area contributed by atoms with Crippen LogP contribution in [0.4, 0.5) is 5.69 Å². The van der Waals surface area contributed by atoms with Crippen LogP contribution in [0.2, 0.25) is 0 Å². The van der Waals surface area contributed by atoms with Crippen molar-refractivity contribution in [3.05, 3.63) is 72.8 Å². The molecule has 0 unspecified atom stereocenters. The number of aromatic nitrogens is 2. The van der Waals surface area contributed by atoms with Crippen LogP contribution in [-0.4, -0.2) is 28.6 Å². The maximum Gasteiger partial charge on any atom is 0.269 e. The minimum Gasteiger partial charge on any atom is -0.485 e. The second-order valence-corrected chi connectivity index (χ2v) is 6.50. The number of nitrogens with zero attached hydrogens (tertiary/aromatic N) is 1. The fourth-order valence-corrected chi connectivity index (χ4v) is 3.24. The Morgan fingerprint density at radius 2 is 1.71 bits per heavy atom. The Kier molecular flexibility index (Phi) is 3.94. The Morgan fingerprint density at radius 3 is 2.61 bits per heavy atom. The number of amides is 1. The molecule has 0 radical (unpaired) electrons. The van der Waals surface area contributed by atoms with Crippen molar-refractivity contribution in [1.29, 1.82) is 0 Å². The van der Waals surface area contributed by atoms with Gasteiger partial charge in [0.25, 0.3) is 5.91 Å². The van der Waals surface area contributed by atoms with Gasteiger partial charge in [-0.1, -0.05) is 36.4 Å². The number of aromatic amines is 1. The lowest BCUT2D eigenvalue weighted by molar-refractivity contribution is -0.125. The Labute approximate surface area is 161 Å². The van der Waals surface area contributed by atoms with Crippen LogP contribution in [0.5, 0.6) is 11.5 Å². The first-order valence-corrected chi connectivity index (χ1v) is 9.01. The van der Waals surface area contributed by atoms with Gasteiger partial charge in [0.15, 0.2) is 11.5 Å². The van der Waals surface area contributed by atoms with E-state index in [1.807, 2.05) is 66.7 Å². The van der Waals surface area contributed by atoms with E-state index in [1.165, 1.54) is 0 Å². The molecular weight excluding hydrogens is 354 g/mol. The molecule has 2 heterocycles. The number of carbonyl (C=O) groups excluding carboxylic acids is 1. The Hall–Kier alpha value is -3.80. The average molecular weight is 371 g/mol. The van der Waals surface area contributed by atoms with E-state index in [0.29, 0.717) is 23.0 Å². The van der Waals surface area contributed by atoms with Crippen molar-refractivity contribution in [1.82, 2.24) is 9.97 Å². The van der Waals surface area contributed by atoms with Crippen molar-refractivity contribution in [2.45, 2.75) is 6.10 Å². The van der Waals surface area contributed by atoms with Crippen LogP contribution in [0.1, 0.15) is 0 Å². The van der Waals surface area contributed by atoms with Gasteiger partial charge in [0.05, 0.1) is 16.7 Å².